The first-order chi connectivity index (χ1) is 13.7. The highest BCUT2D eigenvalue weighted by atomic mass is 16.5. The lowest BCUT2D eigenvalue weighted by Crippen LogP contribution is -2.42. The lowest BCUT2D eigenvalue weighted by atomic mass is 9.99. The SMILES string of the molecule is COCCc1ccccc1CN1CCCC[C@H]1COc1cccc(O)c1C=O. The van der Waals surface area contributed by atoms with Crippen molar-refractivity contribution in [2.45, 2.75) is 38.3 Å². The molecule has 150 valence electrons. The average Bonchev–Trinajstić information content (AvgIpc) is 2.72. The number of carbonyl (C=O) groups excluding carboxylic acids is 1. The highest BCUT2D eigenvalue weighted by Crippen LogP contribution is 2.27. The first-order valence-electron chi connectivity index (χ1n) is 9.92. The van der Waals surface area contributed by atoms with Crippen LogP contribution in [-0.2, 0) is 17.7 Å². The first kappa shape index (κ1) is 20.4. The molecule has 0 unspecified atom stereocenters. The number of rotatable bonds is 9. The van der Waals surface area contributed by atoms with Gasteiger partial charge >= 0.3 is 0 Å². The molecular formula is C23H29NO4. The third kappa shape index (κ3) is 5.12. The van der Waals surface area contributed by atoms with E-state index in [0.29, 0.717) is 18.6 Å². The molecule has 1 aliphatic heterocycles. The molecule has 0 radical (unpaired) electrons. The fourth-order valence-electron chi connectivity index (χ4n) is 3.81. The maximum atomic E-state index is 11.3. The Morgan fingerprint density at radius 1 is 1.14 bits per heavy atom. The summed E-state index contributed by atoms with van der Waals surface area (Å²) in [5.74, 6) is 0.404. The van der Waals surface area contributed by atoms with Crippen molar-refractivity contribution in [2.24, 2.45) is 0 Å². The largest absolute Gasteiger partial charge is 0.507 e. The molecule has 0 amide bonds. The number of piperidine rings is 1. The van der Waals surface area contributed by atoms with E-state index >= 15 is 0 Å². The van der Waals surface area contributed by atoms with Crippen molar-refractivity contribution in [2.75, 3.05) is 26.9 Å². The van der Waals surface area contributed by atoms with Crippen LogP contribution in [0.4, 0.5) is 0 Å². The highest BCUT2D eigenvalue weighted by molar-refractivity contribution is 5.83. The fourth-order valence-corrected chi connectivity index (χ4v) is 3.81. The molecule has 28 heavy (non-hydrogen) atoms. The molecule has 5 nitrogen and oxygen atoms in total. The molecule has 0 aromatic heterocycles. The maximum absolute atomic E-state index is 11.3. The number of benzene rings is 2. The molecule has 0 spiro atoms. The van der Waals surface area contributed by atoms with Crippen LogP contribution in [-0.4, -0.2) is 49.2 Å². The van der Waals surface area contributed by atoms with Crippen LogP contribution in [0, 0.1) is 0 Å². The molecule has 0 aliphatic carbocycles. The van der Waals surface area contributed by atoms with Gasteiger partial charge in [-0.15, -0.1) is 0 Å². The van der Waals surface area contributed by atoms with Crippen molar-refractivity contribution in [1.29, 1.82) is 0 Å². The van der Waals surface area contributed by atoms with Crippen molar-refractivity contribution in [1.82, 2.24) is 4.90 Å². The summed E-state index contributed by atoms with van der Waals surface area (Å²) in [6.07, 6.45) is 4.98. The van der Waals surface area contributed by atoms with Crippen molar-refractivity contribution < 1.29 is 19.4 Å². The van der Waals surface area contributed by atoms with Gasteiger partial charge in [0.2, 0.25) is 0 Å². The fraction of sp³-hybridized carbons (Fsp3) is 0.435. The second-order valence-electron chi connectivity index (χ2n) is 7.25. The van der Waals surface area contributed by atoms with Crippen LogP contribution in [0.25, 0.3) is 0 Å². The second kappa shape index (κ2) is 10.2. The molecule has 2 aromatic rings. The molecule has 0 bridgehead atoms. The number of nitrogens with zero attached hydrogens (tertiary/aromatic N) is 1. The summed E-state index contributed by atoms with van der Waals surface area (Å²) in [6.45, 7) is 3.14. The van der Waals surface area contributed by atoms with E-state index in [4.69, 9.17) is 9.47 Å². The van der Waals surface area contributed by atoms with E-state index in [2.05, 4.69) is 29.2 Å². The van der Waals surface area contributed by atoms with Gasteiger partial charge in [-0.3, -0.25) is 9.69 Å². The minimum atomic E-state index is -0.0416. The number of hydrogen-bond donors (Lipinski definition) is 1. The van der Waals surface area contributed by atoms with Gasteiger partial charge in [0.15, 0.2) is 6.29 Å². The highest BCUT2D eigenvalue weighted by Gasteiger charge is 2.24. The van der Waals surface area contributed by atoms with Gasteiger partial charge in [0.25, 0.3) is 0 Å². The minimum Gasteiger partial charge on any atom is -0.507 e. The van der Waals surface area contributed by atoms with Gasteiger partial charge in [0.05, 0.1) is 12.2 Å². The Labute approximate surface area is 166 Å². The molecule has 1 heterocycles. The van der Waals surface area contributed by atoms with Crippen LogP contribution in [0.2, 0.25) is 0 Å². The summed E-state index contributed by atoms with van der Waals surface area (Å²) in [5, 5.41) is 9.84. The molecule has 1 saturated heterocycles. The molecule has 0 saturated carbocycles. The molecule has 1 atom stereocenters. The predicted octanol–water partition coefficient (Wildman–Crippen LogP) is 3.83. The Bertz CT molecular complexity index is 777. The first-order valence-corrected chi connectivity index (χ1v) is 9.92. The summed E-state index contributed by atoms with van der Waals surface area (Å²) >= 11 is 0. The van der Waals surface area contributed by atoms with Crippen molar-refractivity contribution in [3.05, 3.63) is 59.2 Å². The second-order valence-corrected chi connectivity index (χ2v) is 7.25. The molecule has 5 heteroatoms. The van der Waals surface area contributed by atoms with Gasteiger partial charge in [-0.1, -0.05) is 36.8 Å². The zero-order chi connectivity index (χ0) is 19.8. The molecular weight excluding hydrogens is 354 g/mol. The lowest BCUT2D eigenvalue weighted by Gasteiger charge is -2.36. The number of hydrogen-bond acceptors (Lipinski definition) is 5. The summed E-state index contributed by atoms with van der Waals surface area (Å²) < 4.78 is 11.2. The number of aldehydes is 1. The Balaban J connectivity index is 1.68. The summed E-state index contributed by atoms with van der Waals surface area (Å²) in [6, 6.07) is 13.7. The normalized spacial score (nSPS) is 17.4. The van der Waals surface area contributed by atoms with Crippen molar-refractivity contribution >= 4 is 6.29 Å². The number of methoxy groups -OCH3 is 1. The topological polar surface area (TPSA) is 59.0 Å². The van der Waals surface area contributed by atoms with E-state index in [1.165, 1.54) is 30.0 Å². The van der Waals surface area contributed by atoms with Gasteiger partial charge in [-0.05, 0) is 49.1 Å². The van der Waals surface area contributed by atoms with E-state index in [1.54, 1.807) is 19.2 Å². The standard InChI is InChI=1S/C23H29NO4/c1-27-14-12-18-7-2-3-8-19(18)15-24-13-5-4-9-20(24)17-28-23-11-6-10-22(26)21(23)16-25/h2-3,6-8,10-11,16,20,26H,4-5,9,12-15,17H2,1H3/t20-/m0/s1. The lowest BCUT2D eigenvalue weighted by molar-refractivity contribution is 0.0918. The van der Waals surface area contributed by atoms with Crippen LogP contribution in [0.1, 0.15) is 40.7 Å². The Hall–Kier alpha value is -2.37. The third-order valence-electron chi connectivity index (χ3n) is 5.41. The number of ether oxygens (including phenoxy) is 2. The summed E-state index contributed by atoms with van der Waals surface area (Å²) in [7, 11) is 1.73. The molecule has 1 fully saturated rings. The zero-order valence-corrected chi connectivity index (χ0v) is 16.5. The predicted molar refractivity (Wildman–Crippen MR) is 109 cm³/mol. The monoisotopic (exact) mass is 383 g/mol. The molecule has 2 aromatic carbocycles. The number of aromatic hydroxyl groups is 1. The molecule has 3 rings (SSSR count). The number of likely N-dealkylation sites (tertiary alicyclic amines) is 1. The quantitative estimate of drug-likeness (QED) is 0.667. The van der Waals surface area contributed by atoms with Crippen LogP contribution >= 0.6 is 0 Å². The third-order valence-corrected chi connectivity index (χ3v) is 5.41. The van der Waals surface area contributed by atoms with Gasteiger partial charge in [0.1, 0.15) is 18.1 Å². The zero-order valence-electron chi connectivity index (χ0n) is 16.5. The van der Waals surface area contributed by atoms with Crippen LogP contribution < -0.4 is 4.74 Å². The smallest absolute Gasteiger partial charge is 0.157 e. The Morgan fingerprint density at radius 2 is 1.96 bits per heavy atom. The van der Waals surface area contributed by atoms with Gasteiger partial charge in [0, 0.05) is 19.7 Å². The van der Waals surface area contributed by atoms with Gasteiger partial charge in [-0.25, -0.2) is 0 Å². The minimum absolute atomic E-state index is 0.0416. The van der Waals surface area contributed by atoms with E-state index in [-0.39, 0.29) is 17.4 Å². The van der Waals surface area contributed by atoms with Crippen LogP contribution in [0.15, 0.2) is 42.5 Å². The average molecular weight is 383 g/mol. The van der Waals surface area contributed by atoms with Crippen LogP contribution in [0.5, 0.6) is 11.5 Å². The van der Waals surface area contributed by atoms with Crippen molar-refractivity contribution in [3.8, 4) is 11.5 Å². The van der Waals surface area contributed by atoms with Gasteiger partial charge in [-0.2, -0.15) is 0 Å². The maximum Gasteiger partial charge on any atom is 0.157 e. The number of carbonyl (C=O) groups is 1. The molecule has 1 aliphatic rings. The van der Waals surface area contributed by atoms with E-state index < -0.39 is 0 Å². The van der Waals surface area contributed by atoms with Crippen LogP contribution in [0.3, 0.4) is 0 Å². The summed E-state index contributed by atoms with van der Waals surface area (Å²) in [4.78, 5) is 13.7. The molecule has 1 N–H and O–H groups in total. The van der Waals surface area contributed by atoms with Gasteiger partial charge < -0.3 is 14.6 Å². The van der Waals surface area contributed by atoms with E-state index in [1.807, 2.05) is 0 Å². The number of phenols is 1. The van der Waals surface area contributed by atoms with E-state index in [0.717, 1.165) is 32.5 Å². The summed E-state index contributed by atoms with van der Waals surface area (Å²) in [5.41, 5.74) is 2.87. The Kier molecular flexibility index (Phi) is 7.46. The van der Waals surface area contributed by atoms with Crippen molar-refractivity contribution in [3.63, 3.8) is 0 Å². The Morgan fingerprint density at radius 3 is 2.75 bits per heavy atom. The van der Waals surface area contributed by atoms with E-state index in [9.17, 15) is 9.90 Å². The number of phenolic OH excluding ortho intramolecular Hbond substituents is 1.